The summed E-state index contributed by atoms with van der Waals surface area (Å²) in [7, 11) is 1.54. The summed E-state index contributed by atoms with van der Waals surface area (Å²) in [5.41, 5.74) is 7.55. The molecule has 2 aromatic rings. The van der Waals surface area contributed by atoms with Crippen molar-refractivity contribution in [3.63, 3.8) is 0 Å². The zero-order chi connectivity index (χ0) is 16.8. The SMILES string of the molecule is COC(CN)CC(=O)Nc1nc(C)c(Cc2cccc(Cl)c2)s1. The Morgan fingerprint density at radius 3 is 2.96 bits per heavy atom. The maximum atomic E-state index is 12.0. The van der Waals surface area contributed by atoms with Crippen molar-refractivity contribution < 1.29 is 9.53 Å². The smallest absolute Gasteiger partial charge is 0.228 e. The Morgan fingerprint density at radius 1 is 1.52 bits per heavy atom. The highest BCUT2D eigenvalue weighted by molar-refractivity contribution is 7.15. The van der Waals surface area contributed by atoms with E-state index in [1.165, 1.54) is 11.3 Å². The van der Waals surface area contributed by atoms with Gasteiger partial charge in [0, 0.05) is 30.0 Å². The molecule has 0 spiro atoms. The maximum Gasteiger partial charge on any atom is 0.228 e. The Bertz CT molecular complexity index is 671. The number of aryl methyl sites for hydroxylation is 1. The van der Waals surface area contributed by atoms with Crippen LogP contribution in [0.2, 0.25) is 5.02 Å². The van der Waals surface area contributed by atoms with Crippen LogP contribution in [0.25, 0.3) is 0 Å². The monoisotopic (exact) mass is 353 g/mol. The fourth-order valence-electron chi connectivity index (χ4n) is 2.12. The van der Waals surface area contributed by atoms with Crippen molar-refractivity contribution in [2.75, 3.05) is 19.0 Å². The van der Waals surface area contributed by atoms with Crippen LogP contribution in [-0.2, 0) is 16.0 Å². The van der Waals surface area contributed by atoms with E-state index in [-0.39, 0.29) is 18.4 Å². The first-order valence-electron chi connectivity index (χ1n) is 7.25. The lowest BCUT2D eigenvalue weighted by Crippen LogP contribution is -2.28. The lowest BCUT2D eigenvalue weighted by molar-refractivity contribution is -0.118. The number of anilines is 1. The van der Waals surface area contributed by atoms with Gasteiger partial charge in [0.05, 0.1) is 18.2 Å². The Kier molecular flexibility index (Phi) is 6.53. The topological polar surface area (TPSA) is 77.2 Å². The fourth-order valence-corrected chi connectivity index (χ4v) is 3.34. The predicted octanol–water partition coefficient (Wildman–Crippen LogP) is 3.00. The van der Waals surface area contributed by atoms with Gasteiger partial charge in [0.2, 0.25) is 5.91 Å². The number of nitrogens with two attached hydrogens (primary N) is 1. The molecule has 1 amide bonds. The molecule has 1 aromatic heterocycles. The van der Waals surface area contributed by atoms with E-state index in [9.17, 15) is 4.79 Å². The van der Waals surface area contributed by atoms with E-state index < -0.39 is 0 Å². The first kappa shape index (κ1) is 17.9. The third-order valence-corrected chi connectivity index (χ3v) is 4.71. The summed E-state index contributed by atoms with van der Waals surface area (Å²) >= 11 is 7.48. The zero-order valence-corrected chi connectivity index (χ0v) is 14.7. The number of hydrogen-bond donors (Lipinski definition) is 2. The number of nitrogens with zero attached hydrogens (tertiary/aromatic N) is 1. The van der Waals surface area contributed by atoms with Gasteiger partial charge in [-0.25, -0.2) is 4.98 Å². The van der Waals surface area contributed by atoms with Crippen molar-refractivity contribution in [2.24, 2.45) is 5.73 Å². The molecular formula is C16H20ClN3O2S. The number of carbonyl (C=O) groups excluding carboxylic acids is 1. The highest BCUT2D eigenvalue weighted by Gasteiger charge is 2.14. The second kappa shape index (κ2) is 8.40. The lowest BCUT2D eigenvalue weighted by Gasteiger charge is -2.11. The maximum absolute atomic E-state index is 12.0. The van der Waals surface area contributed by atoms with Crippen molar-refractivity contribution in [2.45, 2.75) is 25.9 Å². The van der Waals surface area contributed by atoms with E-state index >= 15 is 0 Å². The number of aromatic nitrogens is 1. The Labute approximate surface area is 144 Å². The molecule has 5 nitrogen and oxygen atoms in total. The van der Waals surface area contributed by atoms with Crippen molar-refractivity contribution in [3.8, 4) is 0 Å². The summed E-state index contributed by atoms with van der Waals surface area (Å²) in [5, 5.41) is 4.11. The first-order valence-corrected chi connectivity index (χ1v) is 8.44. The first-order chi connectivity index (χ1) is 11.0. The van der Waals surface area contributed by atoms with Gasteiger partial charge in [0.25, 0.3) is 0 Å². The minimum atomic E-state index is -0.276. The summed E-state index contributed by atoms with van der Waals surface area (Å²) in [6.45, 7) is 2.24. The number of halogens is 1. The lowest BCUT2D eigenvalue weighted by atomic mass is 10.1. The predicted molar refractivity (Wildman–Crippen MR) is 94.2 cm³/mol. The van der Waals surface area contributed by atoms with E-state index in [0.29, 0.717) is 16.7 Å². The van der Waals surface area contributed by atoms with E-state index in [2.05, 4.69) is 10.3 Å². The van der Waals surface area contributed by atoms with Crippen LogP contribution in [0.4, 0.5) is 5.13 Å². The Morgan fingerprint density at radius 2 is 2.30 bits per heavy atom. The van der Waals surface area contributed by atoms with Crippen LogP contribution in [-0.4, -0.2) is 30.6 Å². The highest BCUT2D eigenvalue weighted by Crippen LogP contribution is 2.26. The van der Waals surface area contributed by atoms with Gasteiger partial charge in [-0.2, -0.15) is 0 Å². The molecule has 0 aliphatic rings. The second-order valence-electron chi connectivity index (χ2n) is 5.18. The molecular weight excluding hydrogens is 334 g/mol. The highest BCUT2D eigenvalue weighted by atomic mass is 35.5. The van der Waals surface area contributed by atoms with Crippen molar-refractivity contribution in [1.29, 1.82) is 0 Å². The summed E-state index contributed by atoms with van der Waals surface area (Å²) in [6.07, 6.45) is 0.681. The van der Waals surface area contributed by atoms with Crippen LogP contribution in [0.1, 0.15) is 22.6 Å². The van der Waals surface area contributed by atoms with E-state index in [0.717, 1.165) is 22.6 Å². The van der Waals surface area contributed by atoms with Gasteiger partial charge in [-0.3, -0.25) is 4.79 Å². The van der Waals surface area contributed by atoms with E-state index in [4.69, 9.17) is 22.1 Å². The average Bonchev–Trinajstić information content (AvgIpc) is 2.84. The van der Waals surface area contributed by atoms with Gasteiger partial charge >= 0.3 is 0 Å². The second-order valence-corrected chi connectivity index (χ2v) is 6.70. The molecule has 0 aliphatic carbocycles. The number of thiazole rings is 1. The quantitative estimate of drug-likeness (QED) is 0.802. The van der Waals surface area contributed by atoms with Crippen molar-refractivity contribution in [3.05, 3.63) is 45.4 Å². The molecule has 1 aromatic carbocycles. The number of benzene rings is 1. The van der Waals surface area contributed by atoms with Gasteiger partial charge in [-0.1, -0.05) is 23.7 Å². The van der Waals surface area contributed by atoms with Gasteiger partial charge in [0.1, 0.15) is 0 Å². The van der Waals surface area contributed by atoms with Crippen LogP contribution < -0.4 is 11.1 Å². The number of ether oxygens (including phenoxy) is 1. The molecule has 2 rings (SSSR count). The van der Waals surface area contributed by atoms with Crippen LogP contribution >= 0.6 is 22.9 Å². The summed E-state index contributed by atoms with van der Waals surface area (Å²) in [5.74, 6) is -0.148. The fraction of sp³-hybridized carbons (Fsp3) is 0.375. The third kappa shape index (κ3) is 5.28. The largest absolute Gasteiger partial charge is 0.380 e. The molecule has 1 unspecified atom stereocenters. The Balaban J connectivity index is 2.02. The minimum Gasteiger partial charge on any atom is -0.380 e. The Hall–Kier alpha value is -1.47. The van der Waals surface area contributed by atoms with Crippen molar-refractivity contribution in [1.82, 2.24) is 4.98 Å². The minimum absolute atomic E-state index is 0.148. The summed E-state index contributed by atoms with van der Waals surface area (Å²) in [4.78, 5) is 17.5. The molecule has 7 heteroatoms. The van der Waals surface area contributed by atoms with Gasteiger partial charge < -0.3 is 15.8 Å². The number of nitrogens with one attached hydrogen (secondary N) is 1. The third-order valence-electron chi connectivity index (χ3n) is 3.40. The number of hydrogen-bond acceptors (Lipinski definition) is 5. The number of rotatable bonds is 7. The number of carbonyl (C=O) groups is 1. The van der Waals surface area contributed by atoms with E-state index in [1.54, 1.807) is 7.11 Å². The van der Waals surface area contributed by atoms with E-state index in [1.807, 2.05) is 31.2 Å². The van der Waals surface area contributed by atoms with Gasteiger partial charge in [0.15, 0.2) is 5.13 Å². The molecule has 1 heterocycles. The normalized spacial score (nSPS) is 12.2. The molecule has 124 valence electrons. The molecule has 0 bridgehead atoms. The average molecular weight is 354 g/mol. The molecule has 0 saturated carbocycles. The van der Waals surface area contributed by atoms with Crippen LogP contribution in [0.5, 0.6) is 0 Å². The van der Waals surface area contributed by atoms with Crippen molar-refractivity contribution >= 4 is 34.0 Å². The van der Waals surface area contributed by atoms with Crippen LogP contribution in [0, 0.1) is 6.92 Å². The molecule has 1 atom stereocenters. The number of methoxy groups -OCH3 is 1. The standard InChI is InChI=1S/C16H20ClN3O2S/c1-10-14(7-11-4-3-5-12(17)6-11)23-16(19-10)20-15(21)8-13(9-18)22-2/h3-6,13H,7-9,18H2,1-2H3,(H,19,20,21). The van der Waals surface area contributed by atoms with Gasteiger partial charge in [-0.15, -0.1) is 11.3 Å². The zero-order valence-electron chi connectivity index (χ0n) is 13.1. The molecule has 0 aliphatic heterocycles. The molecule has 0 fully saturated rings. The summed E-state index contributed by atoms with van der Waals surface area (Å²) < 4.78 is 5.11. The number of amides is 1. The summed E-state index contributed by atoms with van der Waals surface area (Å²) in [6, 6.07) is 7.73. The molecule has 0 radical (unpaired) electrons. The molecule has 0 saturated heterocycles. The molecule has 23 heavy (non-hydrogen) atoms. The molecule has 3 N–H and O–H groups in total. The van der Waals surface area contributed by atoms with Crippen LogP contribution in [0.15, 0.2) is 24.3 Å². The van der Waals surface area contributed by atoms with Crippen LogP contribution in [0.3, 0.4) is 0 Å². The van der Waals surface area contributed by atoms with Gasteiger partial charge in [-0.05, 0) is 24.6 Å².